The topological polar surface area (TPSA) is 79.0 Å². The zero-order valence-electron chi connectivity index (χ0n) is 9.78. The first kappa shape index (κ1) is 13.4. The van der Waals surface area contributed by atoms with E-state index in [1.165, 1.54) is 25.1 Å². The van der Waals surface area contributed by atoms with Crippen LogP contribution in [0.5, 0.6) is 0 Å². The van der Waals surface area contributed by atoms with E-state index in [4.69, 9.17) is 10.7 Å². The Labute approximate surface area is 110 Å². The van der Waals surface area contributed by atoms with Gasteiger partial charge in [0.05, 0.1) is 0 Å². The van der Waals surface area contributed by atoms with Gasteiger partial charge in [0.15, 0.2) is 0 Å². The highest BCUT2D eigenvalue weighted by Crippen LogP contribution is 2.33. The van der Waals surface area contributed by atoms with E-state index in [1.807, 2.05) is 0 Å². The van der Waals surface area contributed by atoms with Crippen LogP contribution in [0.25, 0.3) is 0 Å². The molecule has 5 nitrogen and oxygen atoms in total. The van der Waals surface area contributed by atoms with Crippen molar-refractivity contribution in [1.29, 1.82) is 0 Å². The van der Waals surface area contributed by atoms with Crippen molar-refractivity contribution < 1.29 is 13.2 Å². The third kappa shape index (κ3) is 3.74. The SMILES string of the molecule is O=C(NCCCC1CC1)c1cc(S(=O)(=O)Cl)c[nH]1. The molecule has 0 unspecified atom stereocenters. The molecule has 0 aromatic carbocycles. The lowest BCUT2D eigenvalue weighted by Gasteiger charge is -2.02. The fraction of sp³-hybridized carbons (Fsp3) is 0.545. The van der Waals surface area contributed by atoms with Gasteiger partial charge in [-0.25, -0.2) is 8.42 Å². The summed E-state index contributed by atoms with van der Waals surface area (Å²) in [6.07, 6.45) is 5.93. The molecule has 1 aromatic heterocycles. The highest BCUT2D eigenvalue weighted by Gasteiger charge is 2.20. The maximum atomic E-state index is 11.7. The average molecular weight is 291 g/mol. The molecule has 0 aliphatic heterocycles. The standard InChI is InChI=1S/C11H15ClN2O3S/c12-18(16,17)9-6-10(14-7-9)11(15)13-5-1-2-8-3-4-8/h6-8,14H,1-5H2,(H,13,15). The first-order valence-electron chi connectivity index (χ1n) is 5.88. The Hall–Kier alpha value is -1.01. The van der Waals surface area contributed by atoms with Crippen molar-refractivity contribution in [3.63, 3.8) is 0 Å². The molecule has 1 amide bonds. The smallest absolute Gasteiger partial charge is 0.267 e. The highest BCUT2D eigenvalue weighted by molar-refractivity contribution is 8.13. The lowest BCUT2D eigenvalue weighted by Crippen LogP contribution is -2.24. The molecule has 1 heterocycles. The molecule has 1 saturated carbocycles. The molecular weight excluding hydrogens is 276 g/mol. The quantitative estimate of drug-likeness (QED) is 0.620. The second kappa shape index (κ2) is 5.32. The van der Waals surface area contributed by atoms with Crippen molar-refractivity contribution in [2.75, 3.05) is 6.54 Å². The van der Waals surface area contributed by atoms with Crippen LogP contribution < -0.4 is 5.32 Å². The zero-order chi connectivity index (χ0) is 13.2. The molecule has 18 heavy (non-hydrogen) atoms. The third-order valence-corrected chi connectivity index (χ3v) is 4.29. The van der Waals surface area contributed by atoms with Crippen LogP contribution in [-0.2, 0) is 9.05 Å². The van der Waals surface area contributed by atoms with Gasteiger partial charge in [-0.1, -0.05) is 12.8 Å². The molecule has 0 spiro atoms. The third-order valence-electron chi connectivity index (χ3n) is 2.95. The van der Waals surface area contributed by atoms with Crippen LogP contribution in [0, 0.1) is 5.92 Å². The van der Waals surface area contributed by atoms with E-state index in [0.29, 0.717) is 6.54 Å². The van der Waals surface area contributed by atoms with E-state index in [-0.39, 0.29) is 16.5 Å². The predicted molar refractivity (Wildman–Crippen MR) is 68.1 cm³/mol. The van der Waals surface area contributed by atoms with Crippen LogP contribution >= 0.6 is 10.7 Å². The number of carbonyl (C=O) groups excluding carboxylic acids is 1. The van der Waals surface area contributed by atoms with Gasteiger partial charge in [0.1, 0.15) is 10.6 Å². The van der Waals surface area contributed by atoms with E-state index in [2.05, 4.69) is 10.3 Å². The largest absolute Gasteiger partial charge is 0.356 e. The van der Waals surface area contributed by atoms with Gasteiger partial charge in [-0.3, -0.25) is 4.79 Å². The number of H-pyrrole nitrogens is 1. The number of rotatable bonds is 6. The van der Waals surface area contributed by atoms with Gasteiger partial charge in [0.25, 0.3) is 15.0 Å². The fourth-order valence-electron chi connectivity index (χ4n) is 1.74. The van der Waals surface area contributed by atoms with Crippen LogP contribution in [-0.4, -0.2) is 25.9 Å². The second-order valence-electron chi connectivity index (χ2n) is 4.53. The minimum absolute atomic E-state index is 0.0905. The zero-order valence-corrected chi connectivity index (χ0v) is 11.4. The van der Waals surface area contributed by atoms with Crippen LogP contribution in [0.1, 0.15) is 36.2 Å². The van der Waals surface area contributed by atoms with Gasteiger partial charge in [0.2, 0.25) is 0 Å². The van der Waals surface area contributed by atoms with Crippen molar-refractivity contribution in [1.82, 2.24) is 10.3 Å². The van der Waals surface area contributed by atoms with Gasteiger partial charge in [-0.2, -0.15) is 0 Å². The van der Waals surface area contributed by atoms with Crippen molar-refractivity contribution >= 4 is 25.6 Å². The molecule has 2 rings (SSSR count). The van der Waals surface area contributed by atoms with Crippen LogP contribution in [0.4, 0.5) is 0 Å². The summed E-state index contributed by atoms with van der Waals surface area (Å²) in [6.45, 7) is 0.608. The summed E-state index contributed by atoms with van der Waals surface area (Å²) in [7, 11) is 1.38. The molecule has 1 aliphatic rings. The predicted octanol–water partition coefficient (Wildman–Crippen LogP) is 1.86. The van der Waals surface area contributed by atoms with Gasteiger partial charge in [0, 0.05) is 23.4 Å². The maximum Gasteiger partial charge on any atom is 0.267 e. The molecule has 0 bridgehead atoms. The number of hydrogen-bond acceptors (Lipinski definition) is 3. The Bertz CT molecular complexity index is 534. The Morgan fingerprint density at radius 1 is 1.50 bits per heavy atom. The number of aromatic amines is 1. The molecule has 100 valence electrons. The van der Waals surface area contributed by atoms with Crippen molar-refractivity contribution in [2.45, 2.75) is 30.6 Å². The number of halogens is 1. The number of aromatic nitrogens is 1. The highest BCUT2D eigenvalue weighted by atomic mass is 35.7. The van der Waals surface area contributed by atoms with Gasteiger partial charge in [-0.05, 0) is 24.8 Å². The Kier molecular flexibility index (Phi) is 3.97. The van der Waals surface area contributed by atoms with Gasteiger partial charge < -0.3 is 10.3 Å². The number of amides is 1. The first-order chi connectivity index (χ1) is 8.47. The Morgan fingerprint density at radius 3 is 2.78 bits per heavy atom. The summed E-state index contributed by atoms with van der Waals surface area (Å²) >= 11 is 0. The molecule has 1 aromatic rings. The van der Waals surface area contributed by atoms with Crippen molar-refractivity contribution in [3.8, 4) is 0 Å². The summed E-state index contributed by atoms with van der Waals surface area (Å²) in [6, 6.07) is 1.23. The minimum Gasteiger partial charge on any atom is -0.356 e. The molecule has 0 radical (unpaired) electrons. The lowest BCUT2D eigenvalue weighted by molar-refractivity contribution is 0.0948. The van der Waals surface area contributed by atoms with E-state index >= 15 is 0 Å². The molecule has 7 heteroatoms. The summed E-state index contributed by atoms with van der Waals surface area (Å²) < 4.78 is 22.0. The summed E-state index contributed by atoms with van der Waals surface area (Å²) in [5.41, 5.74) is 0.209. The molecule has 1 fully saturated rings. The minimum atomic E-state index is -3.78. The van der Waals surface area contributed by atoms with E-state index in [1.54, 1.807) is 0 Å². The Balaban J connectivity index is 1.82. The van der Waals surface area contributed by atoms with Crippen LogP contribution in [0.15, 0.2) is 17.2 Å². The molecule has 1 aliphatic carbocycles. The van der Waals surface area contributed by atoms with Gasteiger partial charge in [-0.15, -0.1) is 0 Å². The summed E-state index contributed by atoms with van der Waals surface area (Å²) in [5.74, 6) is 0.540. The van der Waals surface area contributed by atoms with Crippen molar-refractivity contribution in [3.05, 3.63) is 18.0 Å². The number of hydrogen-bond donors (Lipinski definition) is 2. The molecule has 0 atom stereocenters. The monoisotopic (exact) mass is 290 g/mol. The van der Waals surface area contributed by atoms with Crippen LogP contribution in [0.2, 0.25) is 0 Å². The maximum absolute atomic E-state index is 11.7. The average Bonchev–Trinajstić information content (AvgIpc) is 2.95. The fourth-order valence-corrected chi connectivity index (χ4v) is 2.47. The van der Waals surface area contributed by atoms with Crippen molar-refractivity contribution in [2.24, 2.45) is 5.92 Å². The first-order valence-corrected chi connectivity index (χ1v) is 8.19. The number of nitrogens with one attached hydrogen (secondary N) is 2. The molecule has 2 N–H and O–H groups in total. The second-order valence-corrected chi connectivity index (χ2v) is 7.09. The normalized spacial score (nSPS) is 15.6. The molecular formula is C11H15ClN2O3S. The van der Waals surface area contributed by atoms with Gasteiger partial charge >= 0.3 is 0 Å². The van der Waals surface area contributed by atoms with E-state index in [9.17, 15) is 13.2 Å². The summed E-state index contributed by atoms with van der Waals surface area (Å²) in [5, 5.41) is 2.74. The lowest BCUT2D eigenvalue weighted by atomic mass is 10.2. The van der Waals surface area contributed by atoms with E-state index in [0.717, 1.165) is 18.8 Å². The van der Waals surface area contributed by atoms with Crippen LogP contribution in [0.3, 0.4) is 0 Å². The number of carbonyl (C=O) groups is 1. The molecule has 0 saturated heterocycles. The summed E-state index contributed by atoms with van der Waals surface area (Å²) in [4.78, 5) is 14.2. The van der Waals surface area contributed by atoms with E-state index < -0.39 is 9.05 Å². The Morgan fingerprint density at radius 2 is 2.22 bits per heavy atom.